The number of hydrogen-bond donors (Lipinski definition) is 2. The maximum absolute atomic E-state index is 12.8. The van der Waals surface area contributed by atoms with Gasteiger partial charge in [0.15, 0.2) is 0 Å². The number of hydrogen-bond acceptors (Lipinski definition) is 3. The number of amides is 2. The van der Waals surface area contributed by atoms with E-state index in [1.807, 2.05) is 4.90 Å². The summed E-state index contributed by atoms with van der Waals surface area (Å²) in [6.45, 7) is 2.38. The molecule has 3 fully saturated rings. The van der Waals surface area contributed by atoms with E-state index in [-0.39, 0.29) is 29.8 Å². The van der Waals surface area contributed by atoms with Gasteiger partial charge in [-0.25, -0.2) is 0 Å². The number of carbonyl (C=O) groups excluding carboxylic acids is 2. The van der Waals surface area contributed by atoms with Crippen molar-refractivity contribution in [3.8, 4) is 0 Å². The lowest BCUT2D eigenvalue weighted by Gasteiger charge is -2.33. The Balaban J connectivity index is 1.53. The van der Waals surface area contributed by atoms with E-state index in [9.17, 15) is 14.7 Å². The van der Waals surface area contributed by atoms with Crippen LogP contribution in [0.25, 0.3) is 0 Å². The second kappa shape index (κ2) is 8.32. The maximum atomic E-state index is 12.8. The molecule has 3 rings (SSSR count). The minimum atomic E-state index is -0.208. The van der Waals surface area contributed by atoms with E-state index < -0.39 is 0 Å². The number of aliphatic hydroxyl groups is 1. The molecule has 4 unspecified atom stereocenters. The number of nitrogens with one attached hydrogen (secondary N) is 1. The zero-order chi connectivity index (χ0) is 16.9. The molecule has 0 aromatic heterocycles. The second-order valence-electron chi connectivity index (χ2n) is 7.96. The van der Waals surface area contributed by atoms with E-state index in [1.165, 1.54) is 0 Å². The molecule has 2 aliphatic carbocycles. The Labute approximate surface area is 145 Å². The third-order valence-electron chi connectivity index (χ3n) is 6.16. The molecule has 0 spiro atoms. The molecule has 0 bridgehead atoms. The van der Waals surface area contributed by atoms with Gasteiger partial charge in [-0.15, -0.1) is 0 Å². The van der Waals surface area contributed by atoms with Crippen molar-refractivity contribution in [3.05, 3.63) is 0 Å². The SMILES string of the molecule is O=C(NCC1CCCC(O)C1)C1CCCCC1C(=O)N1CCCC1. The van der Waals surface area contributed by atoms with Gasteiger partial charge in [-0.1, -0.05) is 19.3 Å². The Bertz CT molecular complexity index is 448. The first kappa shape index (κ1) is 17.7. The molecule has 2 saturated carbocycles. The van der Waals surface area contributed by atoms with Crippen molar-refractivity contribution >= 4 is 11.8 Å². The molecule has 2 N–H and O–H groups in total. The smallest absolute Gasteiger partial charge is 0.226 e. The third kappa shape index (κ3) is 4.29. The van der Waals surface area contributed by atoms with Crippen LogP contribution in [0.3, 0.4) is 0 Å². The summed E-state index contributed by atoms with van der Waals surface area (Å²) in [6, 6.07) is 0. The van der Waals surface area contributed by atoms with Crippen LogP contribution in [0.4, 0.5) is 0 Å². The zero-order valence-corrected chi connectivity index (χ0v) is 14.7. The summed E-state index contributed by atoms with van der Waals surface area (Å²) in [5.41, 5.74) is 0. The molecule has 136 valence electrons. The molecule has 24 heavy (non-hydrogen) atoms. The summed E-state index contributed by atoms with van der Waals surface area (Å²) in [5.74, 6) is 0.385. The quantitative estimate of drug-likeness (QED) is 0.826. The summed E-state index contributed by atoms with van der Waals surface area (Å²) in [7, 11) is 0. The highest BCUT2D eigenvalue weighted by Crippen LogP contribution is 2.33. The summed E-state index contributed by atoms with van der Waals surface area (Å²) in [4.78, 5) is 27.5. The lowest BCUT2D eigenvalue weighted by Crippen LogP contribution is -2.45. The largest absolute Gasteiger partial charge is 0.393 e. The molecule has 3 aliphatic rings. The van der Waals surface area contributed by atoms with Crippen LogP contribution >= 0.6 is 0 Å². The van der Waals surface area contributed by atoms with Gasteiger partial charge in [-0.05, 0) is 50.9 Å². The summed E-state index contributed by atoms with van der Waals surface area (Å²) in [5, 5.41) is 12.9. The van der Waals surface area contributed by atoms with Gasteiger partial charge in [-0.2, -0.15) is 0 Å². The summed E-state index contributed by atoms with van der Waals surface area (Å²) < 4.78 is 0. The molecule has 5 nitrogen and oxygen atoms in total. The van der Waals surface area contributed by atoms with Gasteiger partial charge < -0.3 is 15.3 Å². The Hall–Kier alpha value is -1.10. The van der Waals surface area contributed by atoms with Crippen molar-refractivity contribution in [2.24, 2.45) is 17.8 Å². The van der Waals surface area contributed by atoms with Gasteiger partial charge in [0.25, 0.3) is 0 Å². The predicted octanol–water partition coefficient (Wildman–Crippen LogP) is 2.08. The Morgan fingerprint density at radius 1 is 0.917 bits per heavy atom. The van der Waals surface area contributed by atoms with Crippen LogP contribution < -0.4 is 5.32 Å². The fourth-order valence-electron chi connectivity index (χ4n) is 4.74. The van der Waals surface area contributed by atoms with E-state index in [0.29, 0.717) is 12.5 Å². The predicted molar refractivity (Wildman–Crippen MR) is 92.2 cm³/mol. The van der Waals surface area contributed by atoms with Crippen molar-refractivity contribution in [3.63, 3.8) is 0 Å². The van der Waals surface area contributed by atoms with E-state index in [2.05, 4.69) is 5.32 Å². The first-order valence-corrected chi connectivity index (χ1v) is 9.89. The highest BCUT2D eigenvalue weighted by Gasteiger charge is 2.38. The molecule has 5 heteroatoms. The van der Waals surface area contributed by atoms with Crippen LogP contribution in [0.2, 0.25) is 0 Å². The fraction of sp³-hybridized carbons (Fsp3) is 0.895. The molecule has 1 heterocycles. The van der Waals surface area contributed by atoms with Crippen molar-refractivity contribution in [1.82, 2.24) is 10.2 Å². The second-order valence-corrected chi connectivity index (χ2v) is 7.96. The zero-order valence-electron chi connectivity index (χ0n) is 14.7. The first-order valence-electron chi connectivity index (χ1n) is 9.89. The number of rotatable bonds is 4. The monoisotopic (exact) mass is 336 g/mol. The highest BCUT2D eigenvalue weighted by molar-refractivity contribution is 5.88. The lowest BCUT2D eigenvalue weighted by atomic mass is 9.77. The Morgan fingerprint density at radius 3 is 2.33 bits per heavy atom. The van der Waals surface area contributed by atoms with Crippen LogP contribution in [0.15, 0.2) is 0 Å². The molecule has 2 amide bonds. The average molecular weight is 336 g/mol. The molecule has 1 saturated heterocycles. The van der Waals surface area contributed by atoms with Crippen LogP contribution in [-0.2, 0) is 9.59 Å². The van der Waals surface area contributed by atoms with Crippen LogP contribution in [-0.4, -0.2) is 47.6 Å². The maximum Gasteiger partial charge on any atom is 0.226 e. The van der Waals surface area contributed by atoms with E-state index in [4.69, 9.17) is 0 Å². The van der Waals surface area contributed by atoms with Gasteiger partial charge in [0.2, 0.25) is 11.8 Å². The minimum absolute atomic E-state index is 0.0623. The summed E-state index contributed by atoms with van der Waals surface area (Å²) >= 11 is 0. The average Bonchev–Trinajstić information content (AvgIpc) is 3.14. The molecule has 4 atom stereocenters. The lowest BCUT2D eigenvalue weighted by molar-refractivity contribution is -0.143. The van der Waals surface area contributed by atoms with Gasteiger partial charge in [0.05, 0.1) is 6.10 Å². The van der Waals surface area contributed by atoms with E-state index >= 15 is 0 Å². The van der Waals surface area contributed by atoms with Crippen LogP contribution in [0, 0.1) is 17.8 Å². The topological polar surface area (TPSA) is 69.6 Å². The molecule has 1 aliphatic heterocycles. The van der Waals surface area contributed by atoms with Gasteiger partial charge in [0.1, 0.15) is 0 Å². The van der Waals surface area contributed by atoms with Gasteiger partial charge in [0, 0.05) is 31.5 Å². The molecular weight excluding hydrogens is 304 g/mol. The number of likely N-dealkylation sites (tertiary alicyclic amines) is 1. The third-order valence-corrected chi connectivity index (χ3v) is 6.16. The van der Waals surface area contributed by atoms with Crippen molar-refractivity contribution < 1.29 is 14.7 Å². The number of nitrogens with zero attached hydrogens (tertiary/aromatic N) is 1. The van der Waals surface area contributed by atoms with E-state index in [0.717, 1.165) is 77.3 Å². The fourth-order valence-corrected chi connectivity index (χ4v) is 4.74. The van der Waals surface area contributed by atoms with Gasteiger partial charge >= 0.3 is 0 Å². The number of aliphatic hydroxyl groups excluding tert-OH is 1. The van der Waals surface area contributed by atoms with Gasteiger partial charge in [-0.3, -0.25) is 9.59 Å². The minimum Gasteiger partial charge on any atom is -0.393 e. The van der Waals surface area contributed by atoms with Crippen LogP contribution in [0.5, 0.6) is 0 Å². The van der Waals surface area contributed by atoms with Crippen molar-refractivity contribution in [2.75, 3.05) is 19.6 Å². The summed E-state index contributed by atoms with van der Waals surface area (Å²) in [6.07, 6.45) is 9.59. The van der Waals surface area contributed by atoms with Crippen molar-refractivity contribution in [2.45, 2.75) is 70.3 Å². The molecule has 0 aromatic carbocycles. The normalized spacial score (nSPS) is 34.1. The molecule has 0 radical (unpaired) electrons. The number of carbonyl (C=O) groups is 2. The van der Waals surface area contributed by atoms with Crippen molar-refractivity contribution in [1.29, 1.82) is 0 Å². The standard InChI is InChI=1S/C19H32N2O3/c22-15-7-5-6-14(12-15)13-20-18(23)16-8-1-2-9-17(16)19(24)21-10-3-4-11-21/h14-17,22H,1-13H2,(H,20,23). The first-order chi connectivity index (χ1) is 11.6. The van der Waals surface area contributed by atoms with Crippen LogP contribution in [0.1, 0.15) is 64.2 Å². The Morgan fingerprint density at radius 2 is 1.62 bits per heavy atom. The molecular formula is C19H32N2O3. The van der Waals surface area contributed by atoms with E-state index in [1.54, 1.807) is 0 Å². The Kier molecular flexibility index (Phi) is 6.14. The molecule has 0 aromatic rings. The highest BCUT2D eigenvalue weighted by atomic mass is 16.3.